The molecule has 3 nitrogen and oxygen atoms in total. The number of carbonyl (C=O) groups is 2. The number of carbonyl (C=O) groups excluding carboxylic acids is 2. The fourth-order valence-corrected chi connectivity index (χ4v) is 10.3. The highest BCUT2D eigenvalue weighted by Gasteiger charge is 2.50. The van der Waals surface area contributed by atoms with E-state index in [-0.39, 0.29) is 29.3 Å². The number of allylic oxidation sites excluding steroid dienone is 4. The van der Waals surface area contributed by atoms with Crippen molar-refractivity contribution in [1.29, 1.82) is 0 Å². The van der Waals surface area contributed by atoms with Gasteiger partial charge in [-0.25, -0.2) is 0 Å². The Labute approximate surface area is 147 Å². The second-order valence-electron chi connectivity index (χ2n) is 8.32. The van der Waals surface area contributed by atoms with E-state index in [0.29, 0.717) is 23.0 Å². The summed E-state index contributed by atoms with van der Waals surface area (Å²) in [6, 6.07) is 0. The molecule has 0 aromatic rings. The zero-order valence-electron chi connectivity index (χ0n) is 16.1. The first-order chi connectivity index (χ1) is 11.1. The van der Waals surface area contributed by atoms with E-state index in [2.05, 4.69) is 47.6 Å². The van der Waals surface area contributed by atoms with Gasteiger partial charge in [-0.15, -0.1) is 0 Å². The molecule has 2 aliphatic rings. The molecular formula is C20H32O3Si. The number of rotatable bonds is 5. The molecule has 0 fully saturated rings. The van der Waals surface area contributed by atoms with Crippen molar-refractivity contribution in [2.24, 2.45) is 17.8 Å². The van der Waals surface area contributed by atoms with Gasteiger partial charge in [0, 0.05) is 17.8 Å². The standard InChI is InChI=1S/C20H32O3Si/c1-12(2)24(13(3)4,14(5)6)23-19-11-8-16-17(21)9-10-18(22)20(16)15(19)7/h9-16,20H,8H2,1-7H3/t15-,16-,20-/m1/s1. The second kappa shape index (κ2) is 6.99. The Morgan fingerprint density at radius 2 is 1.46 bits per heavy atom. The molecule has 0 heterocycles. The Balaban J connectivity index is 2.36. The van der Waals surface area contributed by atoms with Gasteiger partial charge in [-0.3, -0.25) is 9.59 Å². The van der Waals surface area contributed by atoms with Crippen molar-refractivity contribution < 1.29 is 14.0 Å². The summed E-state index contributed by atoms with van der Waals surface area (Å²) in [5, 5.41) is 0. The first-order valence-electron chi connectivity index (χ1n) is 9.27. The molecule has 0 bridgehead atoms. The van der Waals surface area contributed by atoms with Crippen LogP contribution < -0.4 is 0 Å². The molecule has 0 aromatic carbocycles. The minimum absolute atomic E-state index is 0.0201. The fraction of sp³-hybridized carbons (Fsp3) is 0.700. The summed E-state index contributed by atoms with van der Waals surface area (Å²) in [5.41, 5.74) is 1.48. The van der Waals surface area contributed by atoms with Crippen molar-refractivity contribution in [3.63, 3.8) is 0 Å². The lowest BCUT2D eigenvalue weighted by Crippen LogP contribution is -2.49. The molecule has 3 atom stereocenters. The molecular weight excluding hydrogens is 316 g/mol. The lowest BCUT2D eigenvalue weighted by Gasteiger charge is -2.46. The van der Waals surface area contributed by atoms with Crippen LogP contribution in [0.4, 0.5) is 0 Å². The van der Waals surface area contributed by atoms with Crippen molar-refractivity contribution in [3.05, 3.63) is 24.0 Å². The van der Waals surface area contributed by atoms with Gasteiger partial charge >= 0.3 is 0 Å². The van der Waals surface area contributed by atoms with Crippen molar-refractivity contribution >= 4 is 19.9 Å². The van der Waals surface area contributed by atoms with E-state index in [0.717, 1.165) is 5.76 Å². The highest BCUT2D eigenvalue weighted by Crippen LogP contribution is 2.47. The maximum atomic E-state index is 12.4. The summed E-state index contributed by atoms with van der Waals surface area (Å²) >= 11 is 0. The molecule has 0 unspecified atom stereocenters. The predicted octanol–water partition coefficient (Wildman–Crippen LogP) is 5.04. The van der Waals surface area contributed by atoms with Gasteiger partial charge < -0.3 is 4.43 Å². The van der Waals surface area contributed by atoms with Gasteiger partial charge in [0.05, 0.1) is 5.76 Å². The number of fused-ring (bicyclic) bond motifs is 1. The SMILES string of the molecule is CC(C)[Si](OC1=CC[C@@H]2C(=O)C=CC(=O)[C@@H]2[C@@H]1C)(C(C)C)C(C)C. The zero-order valence-corrected chi connectivity index (χ0v) is 17.1. The molecule has 0 radical (unpaired) electrons. The quantitative estimate of drug-likeness (QED) is 0.654. The molecule has 24 heavy (non-hydrogen) atoms. The zero-order chi connectivity index (χ0) is 18.2. The lowest BCUT2D eigenvalue weighted by molar-refractivity contribution is -0.131. The van der Waals surface area contributed by atoms with Crippen LogP contribution in [0.1, 0.15) is 54.9 Å². The van der Waals surface area contributed by atoms with Crippen LogP contribution in [-0.2, 0) is 14.0 Å². The van der Waals surface area contributed by atoms with Crippen LogP contribution in [0, 0.1) is 17.8 Å². The van der Waals surface area contributed by atoms with Crippen LogP contribution in [0.2, 0.25) is 16.6 Å². The molecule has 0 aromatic heterocycles. The van der Waals surface area contributed by atoms with Gasteiger partial charge in [0.15, 0.2) is 11.6 Å². The summed E-state index contributed by atoms with van der Waals surface area (Å²) in [6.45, 7) is 15.6. The van der Waals surface area contributed by atoms with Crippen molar-refractivity contribution in [3.8, 4) is 0 Å². The smallest absolute Gasteiger partial charge is 0.258 e. The molecule has 134 valence electrons. The average molecular weight is 349 g/mol. The van der Waals surface area contributed by atoms with Gasteiger partial charge in [0.1, 0.15) is 0 Å². The average Bonchev–Trinajstić information content (AvgIpc) is 2.48. The second-order valence-corrected chi connectivity index (χ2v) is 13.7. The molecule has 0 N–H and O–H groups in total. The van der Waals surface area contributed by atoms with Crippen LogP contribution in [0.25, 0.3) is 0 Å². The lowest BCUT2D eigenvalue weighted by atomic mass is 9.69. The molecule has 0 aliphatic heterocycles. The minimum Gasteiger partial charge on any atom is -0.546 e. The molecule has 0 saturated heterocycles. The third-order valence-corrected chi connectivity index (χ3v) is 12.1. The van der Waals surface area contributed by atoms with Crippen LogP contribution in [0.5, 0.6) is 0 Å². The first-order valence-corrected chi connectivity index (χ1v) is 11.4. The monoisotopic (exact) mass is 348 g/mol. The summed E-state index contributed by atoms with van der Waals surface area (Å²) in [4.78, 5) is 24.5. The van der Waals surface area contributed by atoms with Gasteiger partial charge in [0.25, 0.3) is 8.32 Å². The molecule has 0 spiro atoms. The van der Waals surface area contributed by atoms with Gasteiger partial charge in [-0.05, 0) is 41.3 Å². The van der Waals surface area contributed by atoms with E-state index < -0.39 is 8.32 Å². The highest BCUT2D eigenvalue weighted by molar-refractivity contribution is 6.77. The van der Waals surface area contributed by atoms with Crippen molar-refractivity contribution in [2.45, 2.75) is 71.5 Å². The maximum absolute atomic E-state index is 12.4. The predicted molar refractivity (Wildman–Crippen MR) is 100 cm³/mol. The third kappa shape index (κ3) is 3.05. The largest absolute Gasteiger partial charge is 0.546 e. The number of hydrogen-bond donors (Lipinski definition) is 0. The third-order valence-electron chi connectivity index (χ3n) is 6.10. The molecule has 0 amide bonds. The Bertz CT molecular complexity index is 550. The van der Waals surface area contributed by atoms with E-state index in [1.165, 1.54) is 12.2 Å². The van der Waals surface area contributed by atoms with Crippen LogP contribution in [0.15, 0.2) is 24.0 Å². The van der Waals surface area contributed by atoms with Crippen molar-refractivity contribution in [1.82, 2.24) is 0 Å². The van der Waals surface area contributed by atoms with Crippen molar-refractivity contribution in [2.75, 3.05) is 0 Å². The minimum atomic E-state index is -2.03. The number of ketones is 2. The van der Waals surface area contributed by atoms with Gasteiger partial charge in [-0.1, -0.05) is 48.5 Å². The molecule has 2 aliphatic carbocycles. The summed E-state index contributed by atoms with van der Waals surface area (Å²) in [5.74, 6) is 0.650. The van der Waals surface area contributed by atoms with Crippen LogP contribution in [-0.4, -0.2) is 19.9 Å². The van der Waals surface area contributed by atoms with Crippen LogP contribution in [0.3, 0.4) is 0 Å². The normalized spacial score (nSPS) is 27.8. The summed E-state index contributed by atoms with van der Waals surface area (Å²) < 4.78 is 6.82. The first kappa shape index (κ1) is 19.2. The Morgan fingerprint density at radius 1 is 0.958 bits per heavy atom. The number of hydrogen-bond acceptors (Lipinski definition) is 3. The van der Waals surface area contributed by atoms with E-state index >= 15 is 0 Å². The van der Waals surface area contributed by atoms with Gasteiger partial charge in [-0.2, -0.15) is 0 Å². The Hall–Kier alpha value is -1.16. The summed E-state index contributed by atoms with van der Waals surface area (Å²) in [7, 11) is -2.03. The van der Waals surface area contributed by atoms with Crippen LogP contribution >= 0.6 is 0 Å². The molecule has 0 saturated carbocycles. The van der Waals surface area contributed by atoms with E-state index in [9.17, 15) is 9.59 Å². The molecule has 4 heteroatoms. The summed E-state index contributed by atoms with van der Waals surface area (Å²) in [6.07, 6.45) is 5.62. The van der Waals surface area contributed by atoms with E-state index in [4.69, 9.17) is 4.43 Å². The Kier molecular flexibility index (Phi) is 5.58. The van der Waals surface area contributed by atoms with E-state index in [1.807, 2.05) is 6.92 Å². The Morgan fingerprint density at radius 3 is 1.96 bits per heavy atom. The van der Waals surface area contributed by atoms with E-state index in [1.54, 1.807) is 0 Å². The highest BCUT2D eigenvalue weighted by atomic mass is 28.4. The van der Waals surface area contributed by atoms with Gasteiger partial charge in [0.2, 0.25) is 0 Å². The fourth-order valence-electron chi connectivity index (χ4n) is 4.93. The topological polar surface area (TPSA) is 43.4 Å². The maximum Gasteiger partial charge on any atom is 0.258 e. The molecule has 2 rings (SSSR count).